The smallest absolute Gasteiger partial charge is 0.239 e. The zero-order valence-electron chi connectivity index (χ0n) is 7.23. The van der Waals surface area contributed by atoms with Gasteiger partial charge in [-0.2, -0.15) is 0 Å². The number of thiol groups is 1. The lowest BCUT2D eigenvalue weighted by molar-refractivity contribution is 0.598. The third-order valence-electron chi connectivity index (χ3n) is 1.83. The Balaban J connectivity index is 2.83. The van der Waals surface area contributed by atoms with Gasteiger partial charge in [-0.15, -0.1) is 12.6 Å². The molecule has 5 nitrogen and oxygen atoms in total. The minimum Gasteiger partial charge on any atom is -0.333 e. The number of nitrogens with one attached hydrogen (secondary N) is 1. The van der Waals surface area contributed by atoms with Gasteiger partial charge in [-0.3, -0.25) is 0 Å². The Kier molecular flexibility index (Phi) is 2.42. The average Bonchev–Trinajstić information content (AvgIpc) is 2.40. The quantitative estimate of drug-likeness (QED) is 0.675. The SMILES string of the molecule is NS(=O)(=O)c1cc2[nH]c(S)nc2cc1Cl. The van der Waals surface area contributed by atoms with Crippen LogP contribution in [0.25, 0.3) is 11.0 Å². The van der Waals surface area contributed by atoms with Gasteiger partial charge in [0.1, 0.15) is 4.90 Å². The van der Waals surface area contributed by atoms with Crippen molar-refractivity contribution in [3.8, 4) is 0 Å². The van der Waals surface area contributed by atoms with E-state index in [-0.39, 0.29) is 9.92 Å². The van der Waals surface area contributed by atoms with E-state index in [0.717, 1.165) is 0 Å². The summed E-state index contributed by atoms with van der Waals surface area (Å²) in [6.45, 7) is 0. The molecule has 8 heteroatoms. The van der Waals surface area contributed by atoms with E-state index in [1.54, 1.807) is 0 Å². The van der Waals surface area contributed by atoms with Gasteiger partial charge in [0.2, 0.25) is 10.0 Å². The Labute approximate surface area is 96.1 Å². The summed E-state index contributed by atoms with van der Waals surface area (Å²) in [6.07, 6.45) is 0. The topological polar surface area (TPSA) is 88.8 Å². The van der Waals surface area contributed by atoms with Crippen LogP contribution in [0.1, 0.15) is 0 Å². The Hall–Kier alpha value is -0.760. The number of imidazole rings is 1. The molecular weight excluding hydrogens is 258 g/mol. The number of aromatic amines is 1. The Morgan fingerprint density at radius 1 is 1.47 bits per heavy atom. The van der Waals surface area contributed by atoms with Crippen molar-refractivity contribution in [3.63, 3.8) is 0 Å². The number of halogens is 1. The van der Waals surface area contributed by atoms with Crippen molar-refractivity contribution in [1.29, 1.82) is 0 Å². The van der Waals surface area contributed by atoms with Crippen LogP contribution in [-0.2, 0) is 10.0 Å². The van der Waals surface area contributed by atoms with Crippen LogP contribution in [0, 0.1) is 0 Å². The summed E-state index contributed by atoms with van der Waals surface area (Å²) in [6, 6.07) is 2.76. The zero-order valence-corrected chi connectivity index (χ0v) is 9.70. The summed E-state index contributed by atoms with van der Waals surface area (Å²) in [5, 5.41) is 5.42. The predicted molar refractivity (Wildman–Crippen MR) is 59.7 cm³/mol. The first-order valence-corrected chi connectivity index (χ1v) is 6.16. The van der Waals surface area contributed by atoms with Crippen molar-refractivity contribution in [2.75, 3.05) is 0 Å². The molecular formula is C7H6ClN3O2S2. The molecule has 0 radical (unpaired) electrons. The Morgan fingerprint density at radius 3 is 2.73 bits per heavy atom. The summed E-state index contributed by atoms with van der Waals surface area (Å²) in [4.78, 5) is 6.63. The number of H-pyrrole nitrogens is 1. The summed E-state index contributed by atoms with van der Waals surface area (Å²) >= 11 is 9.75. The lowest BCUT2D eigenvalue weighted by Gasteiger charge is -2.00. The maximum absolute atomic E-state index is 11.1. The molecule has 0 spiro atoms. The molecule has 2 aromatic rings. The molecule has 0 aliphatic carbocycles. The number of fused-ring (bicyclic) bond motifs is 1. The fraction of sp³-hybridized carbons (Fsp3) is 0. The summed E-state index contributed by atoms with van der Waals surface area (Å²) in [5.41, 5.74) is 1.06. The maximum Gasteiger partial charge on any atom is 0.239 e. The molecule has 0 atom stereocenters. The molecule has 1 heterocycles. The van der Waals surface area contributed by atoms with Crippen molar-refractivity contribution in [2.45, 2.75) is 10.1 Å². The van der Waals surface area contributed by atoms with Gasteiger partial charge in [0.25, 0.3) is 0 Å². The summed E-state index contributed by atoms with van der Waals surface area (Å²) in [7, 11) is -3.82. The van der Waals surface area contributed by atoms with E-state index >= 15 is 0 Å². The zero-order chi connectivity index (χ0) is 11.2. The number of benzene rings is 1. The van der Waals surface area contributed by atoms with Crippen LogP contribution in [0.3, 0.4) is 0 Å². The largest absolute Gasteiger partial charge is 0.333 e. The molecule has 0 aliphatic heterocycles. The van der Waals surface area contributed by atoms with E-state index in [1.807, 2.05) is 0 Å². The predicted octanol–water partition coefficient (Wildman–Crippen LogP) is 1.15. The van der Waals surface area contributed by atoms with Gasteiger partial charge in [-0.1, -0.05) is 11.6 Å². The van der Waals surface area contributed by atoms with E-state index in [1.165, 1.54) is 12.1 Å². The second-order valence-corrected chi connectivity index (χ2v) is 5.27. The number of sulfonamides is 1. The number of rotatable bonds is 1. The van der Waals surface area contributed by atoms with Crippen LogP contribution in [-0.4, -0.2) is 18.4 Å². The number of hydrogen-bond donors (Lipinski definition) is 3. The van der Waals surface area contributed by atoms with Crippen LogP contribution in [0.5, 0.6) is 0 Å². The van der Waals surface area contributed by atoms with Gasteiger partial charge < -0.3 is 4.98 Å². The Morgan fingerprint density at radius 2 is 2.13 bits per heavy atom. The molecule has 15 heavy (non-hydrogen) atoms. The van der Waals surface area contributed by atoms with Gasteiger partial charge >= 0.3 is 0 Å². The van der Waals surface area contributed by atoms with Crippen molar-refractivity contribution < 1.29 is 8.42 Å². The second-order valence-electron chi connectivity index (χ2n) is 2.91. The van der Waals surface area contributed by atoms with Gasteiger partial charge in [0.15, 0.2) is 5.16 Å². The second kappa shape index (κ2) is 3.38. The maximum atomic E-state index is 11.1. The molecule has 0 aliphatic rings. The minimum atomic E-state index is -3.82. The number of nitrogens with zero attached hydrogens (tertiary/aromatic N) is 1. The molecule has 80 valence electrons. The standard InChI is InChI=1S/C7H6ClN3O2S2/c8-3-1-4-5(11-7(14)10-4)2-6(3)15(9,12)13/h1-2H,(H2,9,12,13)(H2,10,11,14). The highest BCUT2D eigenvalue weighted by atomic mass is 35.5. The normalized spacial score (nSPS) is 12.2. The van der Waals surface area contributed by atoms with Gasteiger partial charge in [0, 0.05) is 0 Å². The average molecular weight is 264 g/mol. The highest BCUT2D eigenvalue weighted by Gasteiger charge is 2.15. The van der Waals surface area contributed by atoms with Gasteiger partial charge in [0.05, 0.1) is 16.1 Å². The van der Waals surface area contributed by atoms with E-state index in [0.29, 0.717) is 16.2 Å². The number of primary sulfonamides is 1. The monoisotopic (exact) mass is 263 g/mol. The molecule has 0 fully saturated rings. The first kappa shape index (κ1) is 10.7. The molecule has 0 bridgehead atoms. The molecule has 0 amide bonds. The molecule has 1 aromatic carbocycles. The van der Waals surface area contributed by atoms with Crippen LogP contribution in [0.4, 0.5) is 0 Å². The lowest BCUT2D eigenvalue weighted by atomic mass is 10.3. The van der Waals surface area contributed by atoms with Crippen LogP contribution in [0.15, 0.2) is 22.2 Å². The molecule has 2 rings (SSSR count). The number of nitrogens with two attached hydrogens (primary N) is 1. The van der Waals surface area contributed by atoms with Crippen molar-refractivity contribution in [1.82, 2.24) is 9.97 Å². The van der Waals surface area contributed by atoms with Crippen LogP contribution >= 0.6 is 24.2 Å². The minimum absolute atomic E-state index is 0.0461. The Bertz CT molecular complexity index is 635. The molecule has 0 unspecified atom stereocenters. The fourth-order valence-corrected chi connectivity index (χ4v) is 2.54. The first-order chi connectivity index (χ1) is 6.88. The summed E-state index contributed by atoms with van der Waals surface area (Å²) < 4.78 is 22.3. The van der Waals surface area contributed by atoms with Gasteiger partial charge in [-0.25, -0.2) is 18.5 Å². The third kappa shape index (κ3) is 1.96. The first-order valence-electron chi connectivity index (χ1n) is 3.79. The van der Waals surface area contributed by atoms with Gasteiger partial charge in [-0.05, 0) is 12.1 Å². The lowest BCUT2D eigenvalue weighted by Crippen LogP contribution is -2.12. The van der Waals surface area contributed by atoms with E-state index in [4.69, 9.17) is 16.7 Å². The third-order valence-corrected chi connectivity index (χ3v) is 3.42. The molecule has 0 saturated carbocycles. The van der Waals surface area contributed by atoms with Crippen LogP contribution < -0.4 is 5.14 Å². The molecule has 1 aromatic heterocycles. The summed E-state index contributed by atoms with van der Waals surface area (Å²) in [5.74, 6) is 0. The highest BCUT2D eigenvalue weighted by molar-refractivity contribution is 7.89. The van der Waals surface area contributed by atoms with Crippen molar-refractivity contribution >= 4 is 45.3 Å². The fourth-order valence-electron chi connectivity index (χ4n) is 1.22. The van der Waals surface area contributed by atoms with E-state index in [9.17, 15) is 8.42 Å². The molecule has 0 saturated heterocycles. The number of aromatic nitrogens is 2. The van der Waals surface area contributed by atoms with E-state index < -0.39 is 10.0 Å². The molecule has 3 N–H and O–H groups in total. The van der Waals surface area contributed by atoms with Crippen molar-refractivity contribution in [2.24, 2.45) is 5.14 Å². The van der Waals surface area contributed by atoms with E-state index in [2.05, 4.69) is 22.6 Å². The van der Waals surface area contributed by atoms with Crippen LogP contribution in [0.2, 0.25) is 5.02 Å². The van der Waals surface area contributed by atoms with Crippen molar-refractivity contribution in [3.05, 3.63) is 17.2 Å². The highest BCUT2D eigenvalue weighted by Crippen LogP contribution is 2.25. The number of hydrogen-bond acceptors (Lipinski definition) is 4.